The van der Waals surface area contributed by atoms with E-state index in [-0.39, 0.29) is 6.04 Å². The molecule has 0 bridgehead atoms. The topological polar surface area (TPSA) is 71.2 Å². The first-order valence-corrected chi connectivity index (χ1v) is 10.6. The van der Waals surface area contributed by atoms with Gasteiger partial charge in [0.25, 0.3) is 0 Å². The summed E-state index contributed by atoms with van der Waals surface area (Å²) in [4.78, 5) is 3.80. The Morgan fingerprint density at radius 2 is 1.96 bits per heavy atom. The number of aryl methyl sites for hydroxylation is 3. The maximum absolute atomic E-state index is 12.9. The van der Waals surface area contributed by atoms with E-state index >= 15 is 0 Å². The second-order valence-corrected chi connectivity index (χ2v) is 9.01. The molecule has 0 spiro atoms. The second kappa shape index (κ2) is 6.69. The van der Waals surface area contributed by atoms with E-state index in [4.69, 9.17) is 4.74 Å². The van der Waals surface area contributed by atoms with E-state index in [0.717, 1.165) is 18.4 Å². The zero-order valence-corrected chi connectivity index (χ0v) is 16.6. The average Bonchev–Trinajstić information content (AvgIpc) is 2.98. The summed E-state index contributed by atoms with van der Waals surface area (Å²) in [6, 6.07) is 11.3. The van der Waals surface area contributed by atoms with Gasteiger partial charge >= 0.3 is 0 Å². The lowest BCUT2D eigenvalue weighted by atomic mass is 9.92. The van der Waals surface area contributed by atoms with E-state index in [0.29, 0.717) is 22.6 Å². The highest BCUT2D eigenvalue weighted by Crippen LogP contribution is 2.31. The van der Waals surface area contributed by atoms with Crippen LogP contribution in [0.25, 0.3) is 10.9 Å². The van der Waals surface area contributed by atoms with E-state index in [1.807, 2.05) is 0 Å². The highest BCUT2D eigenvalue weighted by molar-refractivity contribution is 7.89. The Hall–Kier alpha value is -2.31. The maximum Gasteiger partial charge on any atom is 0.241 e. The molecule has 1 atom stereocenters. The number of sulfonamides is 1. The van der Waals surface area contributed by atoms with Crippen molar-refractivity contribution in [3.05, 3.63) is 58.8 Å². The van der Waals surface area contributed by atoms with Crippen molar-refractivity contribution >= 4 is 20.9 Å². The van der Waals surface area contributed by atoms with Gasteiger partial charge in [0.15, 0.2) is 0 Å². The monoisotopic (exact) mass is 384 g/mol. The minimum Gasteiger partial charge on any atom is -0.497 e. The van der Waals surface area contributed by atoms with Gasteiger partial charge in [0.05, 0.1) is 12.0 Å². The first-order chi connectivity index (χ1) is 12.9. The van der Waals surface area contributed by atoms with Gasteiger partial charge in [-0.25, -0.2) is 13.1 Å². The fraction of sp³-hybridized carbons (Fsp3) is 0.333. The Morgan fingerprint density at radius 3 is 2.70 bits per heavy atom. The van der Waals surface area contributed by atoms with E-state index in [2.05, 4.69) is 34.8 Å². The van der Waals surface area contributed by atoms with Crippen molar-refractivity contribution in [2.75, 3.05) is 7.11 Å². The molecular formula is C21H24N2O3S. The SMILES string of the molecule is COc1ccc(S(=O)(=O)NC2CCc3[nH]c4ccc(C)cc4c3C2)c(C)c1. The lowest BCUT2D eigenvalue weighted by molar-refractivity contribution is 0.414. The normalized spacial score (nSPS) is 17.1. The van der Waals surface area contributed by atoms with E-state index in [1.165, 1.54) is 22.2 Å². The third kappa shape index (κ3) is 3.35. The first kappa shape index (κ1) is 18.1. The summed E-state index contributed by atoms with van der Waals surface area (Å²) >= 11 is 0. The number of ether oxygens (including phenoxy) is 1. The summed E-state index contributed by atoms with van der Waals surface area (Å²) < 4.78 is 34.0. The molecule has 142 valence electrons. The third-order valence-corrected chi connectivity index (χ3v) is 7.02. The molecule has 0 radical (unpaired) electrons. The van der Waals surface area contributed by atoms with Gasteiger partial charge in [-0.3, -0.25) is 0 Å². The van der Waals surface area contributed by atoms with Gasteiger partial charge in [-0.2, -0.15) is 0 Å². The molecule has 0 aliphatic heterocycles. The number of methoxy groups -OCH3 is 1. The molecule has 2 aromatic carbocycles. The number of benzene rings is 2. The van der Waals surface area contributed by atoms with Crippen LogP contribution in [0.15, 0.2) is 41.3 Å². The first-order valence-electron chi connectivity index (χ1n) is 9.14. The number of fused-ring (bicyclic) bond motifs is 3. The minimum absolute atomic E-state index is 0.108. The minimum atomic E-state index is -3.58. The predicted octanol–water partition coefficient (Wildman–Crippen LogP) is 3.63. The van der Waals surface area contributed by atoms with Crippen LogP contribution in [-0.2, 0) is 22.9 Å². The third-order valence-electron chi connectivity index (χ3n) is 5.34. The Morgan fingerprint density at radius 1 is 1.15 bits per heavy atom. The highest BCUT2D eigenvalue weighted by atomic mass is 32.2. The van der Waals surface area contributed by atoms with Crippen molar-refractivity contribution in [3.8, 4) is 5.75 Å². The smallest absolute Gasteiger partial charge is 0.241 e. The Kier molecular flexibility index (Phi) is 4.48. The van der Waals surface area contributed by atoms with Gasteiger partial charge in [0.1, 0.15) is 5.75 Å². The molecule has 1 aliphatic carbocycles. The highest BCUT2D eigenvalue weighted by Gasteiger charge is 2.27. The van der Waals surface area contributed by atoms with Gasteiger partial charge in [0, 0.05) is 22.6 Å². The Balaban J connectivity index is 1.61. The summed E-state index contributed by atoms with van der Waals surface area (Å²) in [6.07, 6.45) is 2.33. The summed E-state index contributed by atoms with van der Waals surface area (Å²) in [5, 5.41) is 1.20. The van der Waals surface area contributed by atoms with Gasteiger partial charge in [-0.1, -0.05) is 11.6 Å². The van der Waals surface area contributed by atoms with Crippen LogP contribution >= 0.6 is 0 Å². The summed E-state index contributed by atoms with van der Waals surface area (Å²) in [7, 11) is -2.01. The number of aromatic amines is 1. The summed E-state index contributed by atoms with van der Waals surface area (Å²) in [5.74, 6) is 0.655. The Bertz CT molecular complexity index is 1120. The lowest BCUT2D eigenvalue weighted by Crippen LogP contribution is -2.38. The fourth-order valence-corrected chi connectivity index (χ4v) is 5.46. The molecule has 6 heteroatoms. The van der Waals surface area contributed by atoms with Gasteiger partial charge in [0.2, 0.25) is 10.0 Å². The van der Waals surface area contributed by atoms with Crippen LogP contribution in [0, 0.1) is 13.8 Å². The van der Waals surface area contributed by atoms with Crippen LogP contribution < -0.4 is 9.46 Å². The molecule has 1 heterocycles. The second-order valence-electron chi connectivity index (χ2n) is 7.32. The molecule has 0 saturated carbocycles. The molecule has 4 rings (SSSR count). The molecular weight excluding hydrogens is 360 g/mol. The predicted molar refractivity (Wildman–Crippen MR) is 107 cm³/mol. The molecule has 3 aromatic rings. The van der Waals surface area contributed by atoms with E-state index in [1.54, 1.807) is 32.2 Å². The van der Waals surface area contributed by atoms with Crippen molar-refractivity contribution in [1.82, 2.24) is 9.71 Å². The fourth-order valence-electron chi connectivity index (χ4n) is 3.96. The molecule has 0 amide bonds. The molecule has 1 aliphatic rings. The number of hydrogen-bond acceptors (Lipinski definition) is 3. The van der Waals surface area contributed by atoms with Gasteiger partial charge in [-0.15, -0.1) is 0 Å². The molecule has 27 heavy (non-hydrogen) atoms. The van der Waals surface area contributed by atoms with Crippen molar-refractivity contribution in [2.24, 2.45) is 0 Å². The largest absolute Gasteiger partial charge is 0.497 e. The standard InChI is InChI=1S/C21H24N2O3S/c1-13-4-7-19-17(10-13)18-12-15(5-8-20(18)22-19)23-27(24,25)21-9-6-16(26-3)11-14(21)2/h4,6-7,9-11,15,22-23H,5,8,12H2,1-3H3. The molecule has 1 unspecified atom stereocenters. The molecule has 1 aromatic heterocycles. The van der Waals surface area contributed by atoms with Gasteiger partial charge in [-0.05, 0) is 74.6 Å². The van der Waals surface area contributed by atoms with Crippen LogP contribution in [0.5, 0.6) is 5.75 Å². The van der Waals surface area contributed by atoms with Crippen molar-refractivity contribution in [1.29, 1.82) is 0 Å². The molecule has 5 nitrogen and oxygen atoms in total. The van der Waals surface area contributed by atoms with Crippen molar-refractivity contribution < 1.29 is 13.2 Å². The van der Waals surface area contributed by atoms with E-state index < -0.39 is 10.0 Å². The number of aromatic nitrogens is 1. The van der Waals surface area contributed by atoms with Crippen molar-refractivity contribution in [3.63, 3.8) is 0 Å². The molecule has 0 fully saturated rings. The average molecular weight is 385 g/mol. The number of rotatable bonds is 4. The van der Waals surface area contributed by atoms with Crippen LogP contribution in [0.4, 0.5) is 0 Å². The Labute approximate surface area is 159 Å². The lowest BCUT2D eigenvalue weighted by Gasteiger charge is -2.24. The van der Waals surface area contributed by atoms with Crippen LogP contribution in [0.1, 0.15) is 28.8 Å². The molecule has 2 N–H and O–H groups in total. The van der Waals surface area contributed by atoms with Crippen LogP contribution in [-0.4, -0.2) is 26.6 Å². The van der Waals surface area contributed by atoms with Crippen molar-refractivity contribution in [2.45, 2.75) is 44.0 Å². The zero-order valence-electron chi connectivity index (χ0n) is 15.8. The number of H-pyrrole nitrogens is 1. The summed E-state index contributed by atoms with van der Waals surface area (Å²) in [5.41, 5.74) is 5.48. The van der Waals surface area contributed by atoms with Gasteiger partial charge < -0.3 is 9.72 Å². The maximum atomic E-state index is 12.9. The quantitative estimate of drug-likeness (QED) is 0.722. The molecule has 0 saturated heterocycles. The summed E-state index contributed by atoms with van der Waals surface area (Å²) in [6.45, 7) is 3.87. The van der Waals surface area contributed by atoms with E-state index in [9.17, 15) is 8.42 Å². The van der Waals surface area contributed by atoms with Crippen LogP contribution in [0.2, 0.25) is 0 Å². The van der Waals surface area contributed by atoms with Crippen LogP contribution in [0.3, 0.4) is 0 Å². The number of hydrogen-bond donors (Lipinski definition) is 2. The number of nitrogens with one attached hydrogen (secondary N) is 2. The zero-order chi connectivity index (χ0) is 19.2.